The summed E-state index contributed by atoms with van der Waals surface area (Å²) in [4.78, 5) is 19.2. The average molecular weight is 391 g/mol. The number of benzene rings is 2. The summed E-state index contributed by atoms with van der Waals surface area (Å²) in [7, 11) is 0. The molecule has 1 amide bonds. The number of hydrogen-bond donors (Lipinski definition) is 2. The van der Waals surface area contributed by atoms with Crippen LogP contribution in [-0.2, 0) is 6.54 Å². The molecule has 0 atom stereocenters. The van der Waals surface area contributed by atoms with Gasteiger partial charge in [0.2, 0.25) is 0 Å². The number of aliphatic hydroxyl groups excluding tert-OH is 1. The summed E-state index contributed by atoms with van der Waals surface area (Å²) >= 11 is 0. The molecule has 1 aromatic heterocycles. The highest BCUT2D eigenvalue weighted by Gasteiger charge is 2.20. The van der Waals surface area contributed by atoms with Gasteiger partial charge in [0.1, 0.15) is 11.6 Å². The highest BCUT2D eigenvalue weighted by atomic mass is 16.5. The van der Waals surface area contributed by atoms with Gasteiger partial charge in [0.15, 0.2) is 0 Å². The van der Waals surface area contributed by atoms with Gasteiger partial charge in [0.05, 0.1) is 18.8 Å². The maximum absolute atomic E-state index is 13.2. The molecule has 2 N–H and O–H groups in total. The van der Waals surface area contributed by atoms with E-state index < -0.39 is 0 Å². The Morgan fingerprint density at radius 3 is 2.52 bits per heavy atom. The molecular weight excluding hydrogens is 366 g/mol. The molecule has 29 heavy (non-hydrogen) atoms. The van der Waals surface area contributed by atoms with Crippen LogP contribution in [0.1, 0.15) is 22.8 Å². The van der Waals surface area contributed by atoms with Gasteiger partial charge >= 0.3 is 0 Å². The van der Waals surface area contributed by atoms with Crippen LogP contribution in [0.4, 0.5) is 11.5 Å². The Hall–Kier alpha value is -3.38. The summed E-state index contributed by atoms with van der Waals surface area (Å²) in [6.45, 7) is 3.09. The fourth-order valence-electron chi connectivity index (χ4n) is 2.96. The SMILES string of the molecule is CCOc1ccc(Nc2ncccc2C(=O)N(CCO)Cc2ccccc2)cc1. The van der Waals surface area contributed by atoms with E-state index in [0.29, 0.717) is 24.5 Å². The molecule has 0 aliphatic rings. The van der Waals surface area contributed by atoms with Crippen LogP contribution in [0.5, 0.6) is 5.75 Å². The van der Waals surface area contributed by atoms with Crippen molar-refractivity contribution in [3.8, 4) is 5.75 Å². The van der Waals surface area contributed by atoms with Gasteiger partial charge in [-0.3, -0.25) is 4.79 Å². The van der Waals surface area contributed by atoms with E-state index in [-0.39, 0.29) is 19.1 Å². The fourth-order valence-corrected chi connectivity index (χ4v) is 2.96. The Morgan fingerprint density at radius 2 is 1.83 bits per heavy atom. The van der Waals surface area contributed by atoms with Crippen LogP contribution in [0.3, 0.4) is 0 Å². The first-order valence-electron chi connectivity index (χ1n) is 9.60. The van der Waals surface area contributed by atoms with Gasteiger partial charge in [-0.2, -0.15) is 0 Å². The standard InChI is InChI=1S/C23H25N3O3/c1-2-29-20-12-10-19(11-13-20)25-22-21(9-6-14-24-22)23(28)26(15-16-27)17-18-7-4-3-5-8-18/h3-14,27H,2,15-17H2,1H3,(H,24,25). The fraction of sp³-hybridized carbons (Fsp3) is 0.217. The molecule has 0 saturated carbocycles. The second-order valence-corrected chi connectivity index (χ2v) is 6.42. The summed E-state index contributed by atoms with van der Waals surface area (Å²) in [6, 6.07) is 20.7. The molecule has 0 bridgehead atoms. The number of rotatable bonds is 9. The molecule has 0 aliphatic carbocycles. The molecule has 3 aromatic rings. The molecule has 6 nitrogen and oxygen atoms in total. The zero-order chi connectivity index (χ0) is 20.5. The van der Waals surface area contributed by atoms with Crippen molar-refractivity contribution in [2.75, 3.05) is 25.1 Å². The number of hydrogen-bond acceptors (Lipinski definition) is 5. The third-order valence-corrected chi connectivity index (χ3v) is 4.34. The average Bonchev–Trinajstić information content (AvgIpc) is 2.76. The highest BCUT2D eigenvalue weighted by Crippen LogP contribution is 2.23. The Kier molecular flexibility index (Phi) is 7.19. The molecule has 0 saturated heterocycles. The molecule has 0 aliphatic heterocycles. The Bertz CT molecular complexity index is 914. The summed E-state index contributed by atoms with van der Waals surface area (Å²) in [6.07, 6.45) is 1.64. The minimum absolute atomic E-state index is 0.111. The number of pyridine rings is 1. The van der Waals surface area contributed by atoms with Crippen LogP contribution in [0.2, 0.25) is 0 Å². The quantitative estimate of drug-likeness (QED) is 0.579. The van der Waals surface area contributed by atoms with Crippen LogP contribution in [0.15, 0.2) is 72.9 Å². The lowest BCUT2D eigenvalue weighted by molar-refractivity contribution is 0.0708. The van der Waals surface area contributed by atoms with Crippen LogP contribution < -0.4 is 10.1 Å². The van der Waals surface area contributed by atoms with Crippen LogP contribution in [-0.4, -0.2) is 40.7 Å². The lowest BCUT2D eigenvalue weighted by Crippen LogP contribution is -2.33. The van der Waals surface area contributed by atoms with Crippen molar-refractivity contribution in [2.45, 2.75) is 13.5 Å². The Morgan fingerprint density at radius 1 is 1.07 bits per heavy atom. The molecule has 150 valence electrons. The van der Waals surface area contributed by atoms with Gasteiger partial charge in [0.25, 0.3) is 5.91 Å². The van der Waals surface area contributed by atoms with Gasteiger partial charge in [-0.15, -0.1) is 0 Å². The van der Waals surface area contributed by atoms with Crippen molar-refractivity contribution in [1.29, 1.82) is 0 Å². The first kappa shape index (κ1) is 20.4. The normalized spacial score (nSPS) is 10.4. The second kappa shape index (κ2) is 10.2. The number of anilines is 2. The highest BCUT2D eigenvalue weighted by molar-refractivity contribution is 5.99. The first-order valence-corrected chi connectivity index (χ1v) is 9.60. The molecule has 1 heterocycles. The van der Waals surface area contributed by atoms with Crippen molar-refractivity contribution in [3.05, 3.63) is 84.1 Å². The summed E-state index contributed by atoms with van der Waals surface area (Å²) in [5.41, 5.74) is 2.25. The minimum atomic E-state index is -0.190. The minimum Gasteiger partial charge on any atom is -0.494 e. The second-order valence-electron chi connectivity index (χ2n) is 6.42. The number of carbonyl (C=O) groups excluding carboxylic acids is 1. The zero-order valence-electron chi connectivity index (χ0n) is 16.4. The summed E-state index contributed by atoms with van der Waals surface area (Å²) < 4.78 is 5.46. The predicted molar refractivity (Wildman–Crippen MR) is 113 cm³/mol. The van der Waals surface area contributed by atoms with Crippen molar-refractivity contribution >= 4 is 17.4 Å². The van der Waals surface area contributed by atoms with Crippen molar-refractivity contribution < 1.29 is 14.6 Å². The molecular formula is C23H25N3O3. The van der Waals surface area contributed by atoms with Gasteiger partial charge in [0, 0.05) is 25.0 Å². The third kappa shape index (κ3) is 5.56. The summed E-state index contributed by atoms with van der Waals surface area (Å²) in [5.74, 6) is 1.06. The lowest BCUT2D eigenvalue weighted by atomic mass is 10.1. The number of amides is 1. The predicted octanol–water partition coefficient (Wildman–Crippen LogP) is 3.86. The van der Waals surface area contributed by atoms with Crippen LogP contribution in [0.25, 0.3) is 0 Å². The number of aliphatic hydroxyl groups is 1. The maximum atomic E-state index is 13.2. The third-order valence-electron chi connectivity index (χ3n) is 4.34. The van der Waals surface area contributed by atoms with E-state index in [0.717, 1.165) is 17.0 Å². The topological polar surface area (TPSA) is 74.7 Å². The molecule has 0 fully saturated rings. The lowest BCUT2D eigenvalue weighted by Gasteiger charge is -2.23. The number of nitrogens with zero attached hydrogens (tertiary/aromatic N) is 2. The van der Waals surface area contributed by atoms with E-state index in [9.17, 15) is 9.90 Å². The van der Waals surface area contributed by atoms with Gasteiger partial charge in [-0.25, -0.2) is 4.98 Å². The molecule has 6 heteroatoms. The number of nitrogens with one attached hydrogen (secondary N) is 1. The van der Waals surface area contributed by atoms with Gasteiger partial charge in [-0.1, -0.05) is 30.3 Å². The van der Waals surface area contributed by atoms with Crippen LogP contribution >= 0.6 is 0 Å². The number of carbonyl (C=O) groups is 1. The monoisotopic (exact) mass is 391 g/mol. The van der Waals surface area contributed by atoms with E-state index in [1.54, 1.807) is 23.2 Å². The zero-order valence-corrected chi connectivity index (χ0v) is 16.4. The van der Waals surface area contributed by atoms with E-state index in [4.69, 9.17) is 4.74 Å². The smallest absolute Gasteiger partial charge is 0.257 e. The Balaban J connectivity index is 1.80. The largest absolute Gasteiger partial charge is 0.494 e. The van der Waals surface area contributed by atoms with E-state index in [2.05, 4.69) is 10.3 Å². The summed E-state index contributed by atoms with van der Waals surface area (Å²) in [5, 5.41) is 12.7. The molecule has 3 rings (SSSR count). The van der Waals surface area contributed by atoms with E-state index in [1.807, 2.05) is 61.5 Å². The molecule has 0 spiro atoms. The van der Waals surface area contributed by atoms with Crippen LogP contribution in [0, 0.1) is 0 Å². The van der Waals surface area contributed by atoms with Crippen molar-refractivity contribution in [1.82, 2.24) is 9.88 Å². The van der Waals surface area contributed by atoms with E-state index >= 15 is 0 Å². The molecule has 0 radical (unpaired) electrons. The number of aromatic nitrogens is 1. The molecule has 0 unspecified atom stereocenters. The van der Waals surface area contributed by atoms with E-state index in [1.165, 1.54) is 0 Å². The Labute approximate surface area is 170 Å². The van der Waals surface area contributed by atoms with Crippen molar-refractivity contribution in [2.24, 2.45) is 0 Å². The maximum Gasteiger partial charge on any atom is 0.257 e. The van der Waals surface area contributed by atoms with Gasteiger partial charge in [-0.05, 0) is 48.9 Å². The van der Waals surface area contributed by atoms with Gasteiger partial charge < -0.3 is 20.1 Å². The molecule has 2 aromatic carbocycles. The first-order chi connectivity index (χ1) is 14.2. The van der Waals surface area contributed by atoms with Crippen molar-refractivity contribution in [3.63, 3.8) is 0 Å². The number of ether oxygens (including phenoxy) is 1.